The Balaban J connectivity index is 2.52. The standard InChI is InChI=1S/C14H21FN2O7/c1-5(2)4-13(17,10(16)18)14-6(8(14)23-11(19)20)3-7(15)9(14)24-12(21)22/h5-9H,3-4,17H2,1-2H3,(H2,16,18)(H,19,20)(H,21,22)/t6-,7-,8-,9?,13+,14-/m0/s1. The average molecular weight is 348 g/mol. The highest BCUT2D eigenvalue weighted by molar-refractivity contribution is 5.87. The Morgan fingerprint density at radius 1 is 1.25 bits per heavy atom. The summed E-state index contributed by atoms with van der Waals surface area (Å²) in [5.74, 6) is -1.90. The van der Waals surface area contributed by atoms with Crippen LogP contribution >= 0.6 is 0 Å². The summed E-state index contributed by atoms with van der Waals surface area (Å²) in [5.41, 5.74) is 8.17. The van der Waals surface area contributed by atoms with Gasteiger partial charge in [0.15, 0.2) is 0 Å². The van der Waals surface area contributed by atoms with Crippen LogP contribution in [0.15, 0.2) is 0 Å². The fourth-order valence-corrected chi connectivity index (χ4v) is 4.34. The van der Waals surface area contributed by atoms with Crippen molar-refractivity contribution < 1.29 is 38.5 Å². The normalized spacial score (nSPS) is 36.5. The fourth-order valence-electron chi connectivity index (χ4n) is 4.34. The van der Waals surface area contributed by atoms with Crippen molar-refractivity contribution in [3.05, 3.63) is 0 Å². The Hall–Kier alpha value is -2.10. The van der Waals surface area contributed by atoms with E-state index in [1.807, 2.05) is 0 Å². The Labute approximate surface area is 137 Å². The van der Waals surface area contributed by atoms with Gasteiger partial charge in [0, 0.05) is 5.92 Å². The molecule has 2 saturated carbocycles. The molecule has 0 heterocycles. The number of primary amides is 1. The molecule has 0 aromatic carbocycles. The molecular weight excluding hydrogens is 327 g/mol. The van der Waals surface area contributed by atoms with Crippen LogP contribution in [0.3, 0.4) is 0 Å². The molecule has 6 N–H and O–H groups in total. The molecule has 0 aromatic rings. The van der Waals surface area contributed by atoms with Crippen molar-refractivity contribution in [1.29, 1.82) is 0 Å². The van der Waals surface area contributed by atoms with Crippen LogP contribution in [0.5, 0.6) is 0 Å². The van der Waals surface area contributed by atoms with Crippen molar-refractivity contribution in [2.24, 2.45) is 28.7 Å². The molecule has 136 valence electrons. The number of rotatable bonds is 6. The van der Waals surface area contributed by atoms with Gasteiger partial charge in [0.05, 0.1) is 5.41 Å². The lowest BCUT2D eigenvalue weighted by Crippen LogP contribution is -2.65. The number of carbonyl (C=O) groups excluding carboxylic acids is 1. The summed E-state index contributed by atoms with van der Waals surface area (Å²) >= 11 is 0. The number of nitrogens with two attached hydrogens (primary N) is 2. The molecule has 2 fully saturated rings. The summed E-state index contributed by atoms with van der Waals surface area (Å²) in [7, 11) is 0. The number of carbonyl (C=O) groups is 3. The highest BCUT2D eigenvalue weighted by Crippen LogP contribution is 2.71. The van der Waals surface area contributed by atoms with Gasteiger partial charge in [-0.25, -0.2) is 14.0 Å². The number of hydrogen-bond acceptors (Lipinski definition) is 6. The molecule has 0 aromatic heterocycles. The van der Waals surface area contributed by atoms with Gasteiger partial charge >= 0.3 is 12.3 Å². The van der Waals surface area contributed by atoms with Gasteiger partial charge in [0.2, 0.25) is 5.91 Å². The van der Waals surface area contributed by atoms with Crippen LogP contribution in [-0.2, 0) is 14.3 Å². The lowest BCUT2D eigenvalue weighted by Gasteiger charge is -2.39. The zero-order valence-electron chi connectivity index (χ0n) is 13.3. The third-order valence-electron chi connectivity index (χ3n) is 5.02. The number of alkyl halides is 1. The first-order chi connectivity index (χ1) is 11.0. The summed E-state index contributed by atoms with van der Waals surface area (Å²) in [6.07, 6.45) is -8.10. The molecule has 10 heteroatoms. The Kier molecular flexibility index (Phi) is 4.38. The molecule has 0 radical (unpaired) electrons. The van der Waals surface area contributed by atoms with Crippen LogP contribution < -0.4 is 11.5 Å². The number of carboxylic acid groups (broad SMARTS) is 2. The van der Waals surface area contributed by atoms with E-state index in [2.05, 4.69) is 4.74 Å². The quantitative estimate of drug-likeness (QED) is 0.510. The average Bonchev–Trinajstić information content (AvgIpc) is 2.90. The minimum Gasteiger partial charge on any atom is -0.450 e. The first kappa shape index (κ1) is 18.2. The summed E-state index contributed by atoms with van der Waals surface area (Å²) in [6.45, 7) is 3.50. The van der Waals surface area contributed by atoms with E-state index in [9.17, 15) is 18.8 Å². The molecule has 0 aliphatic heterocycles. The maximum Gasteiger partial charge on any atom is 0.506 e. The zero-order valence-corrected chi connectivity index (χ0v) is 13.3. The van der Waals surface area contributed by atoms with Crippen LogP contribution in [0.2, 0.25) is 0 Å². The van der Waals surface area contributed by atoms with Crippen LogP contribution in [0.25, 0.3) is 0 Å². The zero-order chi connectivity index (χ0) is 18.4. The van der Waals surface area contributed by atoms with E-state index in [0.717, 1.165) is 0 Å². The van der Waals surface area contributed by atoms with Gasteiger partial charge in [-0.1, -0.05) is 13.8 Å². The molecule has 1 amide bonds. The topological polar surface area (TPSA) is 162 Å². The van der Waals surface area contributed by atoms with Gasteiger partial charge in [0.25, 0.3) is 0 Å². The molecule has 0 bridgehead atoms. The van der Waals surface area contributed by atoms with Gasteiger partial charge in [-0.05, 0) is 18.8 Å². The van der Waals surface area contributed by atoms with E-state index in [1.165, 1.54) is 0 Å². The van der Waals surface area contributed by atoms with Crippen LogP contribution in [0.1, 0.15) is 26.7 Å². The predicted molar refractivity (Wildman–Crippen MR) is 76.8 cm³/mol. The van der Waals surface area contributed by atoms with Crippen molar-refractivity contribution >= 4 is 18.2 Å². The van der Waals surface area contributed by atoms with E-state index in [4.69, 9.17) is 26.4 Å². The fraction of sp³-hybridized carbons (Fsp3) is 0.786. The van der Waals surface area contributed by atoms with Crippen LogP contribution in [-0.4, -0.2) is 52.3 Å². The molecule has 2 rings (SSSR count). The Morgan fingerprint density at radius 2 is 1.75 bits per heavy atom. The van der Waals surface area contributed by atoms with Crippen LogP contribution in [0.4, 0.5) is 14.0 Å². The van der Waals surface area contributed by atoms with E-state index in [1.54, 1.807) is 13.8 Å². The highest BCUT2D eigenvalue weighted by Gasteiger charge is 2.86. The first-order valence-corrected chi connectivity index (χ1v) is 7.50. The van der Waals surface area contributed by atoms with Gasteiger partial charge in [-0.2, -0.15) is 0 Å². The number of hydrogen-bond donors (Lipinski definition) is 4. The van der Waals surface area contributed by atoms with E-state index >= 15 is 0 Å². The second-order valence-electron chi connectivity index (χ2n) is 6.83. The number of halogens is 1. The minimum absolute atomic E-state index is 0.00448. The van der Waals surface area contributed by atoms with Crippen molar-refractivity contribution in [3.8, 4) is 0 Å². The third kappa shape index (κ3) is 2.45. The maximum atomic E-state index is 14.3. The molecule has 24 heavy (non-hydrogen) atoms. The van der Waals surface area contributed by atoms with Crippen molar-refractivity contribution in [1.82, 2.24) is 0 Å². The largest absolute Gasteiger partial charge is 0.506 e. The van der Waals surface area contributed by atoms with E-state index < -0.39 is 53.5 Å². The summed E-state index contributed by atoms with van der Waals surface area (Å²) in [6, 6.07) is 0. The smallest absolute Gasteiger partial charge is 0.450 e. The monoisotopic (exact) mass is 348 g/mol. The molecule has 2 aliphatic carbocycles. The Morgan fingerprint density at radius 3 is 2.17 bits per heavy atom. The van der Waals surface area contributed by atoms with Gasteiger partial charge in [-0.15, -0.1) is 0 Å². The van der Waals surface area contributed by atoms with E-state index in [-0.39, 0.29) is 18.8 Å². The molecular formula is C14H21FN2O7. The predicted octanol–water partition coefficient (Wildman–Crippen LogP) is 0.700. The van der Waals surface area contributed by atoms with Crippen molar-refractivity contribution in [2.75, 3.05) is 0 Å². The van der Waals surface area contributed by atoms with Gasteiger partial charge < -0.3 is 31.2 Å². The molecule has 2 aliphatic rings. The molecule has 0 saturated heterocycles. The lowest BCUT2D eigenvalue weighted by molar-refractivity contribution is -0.133. The second kappa shape index (κ2) is 5.76. The molecule has 1 unspecified atom stereocenters. The molecule has 0 spiro atoms. The molecule has 9 nitrogen and oxygen atoms in total. The number of ether oxygens (including phenoxy) is 2. The first-order valence-electron chi connectivity index (χ1n) is 7.50. The SMILES string of the molecule is CC(C)C[C@@](N)(C(N)=O)[C@@]12C(OC(=O)O)[C@@H](F)C[C@H]1[C@@H]2OC(=O)O. The van der Waals surface area contributed by atoms with E-state index in [0.29, 0.717) is 0 Å². The lowest BCUT2D eigenvalue weighted by atomic mass is 9.72. The minimum atomic E-state index is -1.87. The van der Waals surface area contributed by atoms with Crippen LogP contribution in [0, 0.1) is 17.3 Å². The second-order valence-corrected chi connectivity index (χ2v) is 6.83. The summed E-state index contributed by atoms with van der Waals surface area (Å²) < 4.78 is 23.7. The summed E-state index contributed by atoms with van der Waals surface area (Å²) in [5, 5.41) is 17.8. The highest BCUT2D eigenvalue weighted by atomic mass is 19.1. The van der Waals surface area contributed by atoms with Gasteiger partial charge in [-0.3, -0.25) is 4.79 Å². The van der Waals surface area contributed by atoms with Gasteiger partial charge in [0.1, 0.15) is 23.9 Å². The number of fused-ring (bicyclic) bond motifs is 1. The van der Waals surface area contributed by atoms with Crippen molar-refractivity contribution in [2.45, 2.75) is 50.6 Å². The summed E-state index contributed by atoms with van der Waals surface area (Å²) in [4.78, 5) is 34.0. The molecule has 6 atom stereocenters. The maximum absolute atomic E-state index is 14.3. The number of amides is 1. The van der Waals surface area contributed by atoms with Crippen molar-refractivity contribution in [3.63, 3.8) is 0 Å². The Bertz CT molecular complexity index is 571. The third-order valence-corrected chi connectivity index (χ3v) is 5.02.